The lowest BCUT2D eigenvalue weighted by atomic mass is 10.2. The molecule has 0 atom stereocenters. The van der Waals surface area contributed by atoms with Gasteiger partial charge in [0.05, 0.1) is 18.2 Å². The molecule has 19 heavy (non-hydrogen) atoms. The minimum Gasteiger partial charge on any atom is -0.456 e. The number of hydrogen-bond donors (Lipinski definition) is 0. The molecule has 0 bridgehead atoms. The van der Waals surface area contributed by atoms with Crippen LogP contribution in [0.4, 0.5) is 0 Å². The van der Waals surface area contributed by atoms with Gasteiger partial charge in [-0.3, -0.25) is 0 Å². The van der Waals surface area contributed by atoms with E-state index in [0.29, 0.717) is 29.7 Å². The van der Waals surface area contributed by atoms with Crippen molar-refractivity contribution < 1.29 is 14.2 Å². The Kier molecular flexibility index (Phi) is 3.69. The number of para-hydroxylation sites is 1. The van der Waals surface area contributed by atoms with Crippen molar-refractivity contribution >= 4 is 11.6 Å². The largest absolute Gasteiger partial charge is 0.456 e. The Hall–Kier alpha value is -1.55. The lowest BCUT2D eigenvalue weighted by Gasteiger charge is -2.12. The molecular weight excluding hydrogens is 264 g/mol. The molecule has 0 saturated carbocycles. The molecule has 0 unspecified atom stereocenters. The third-order valence-electron chi connectivity index (χ3n) is 2.82. The van der Waals surface area contributed by atoms with E-state index in [0.717, 1.165) is 5.56 Å². The van der Waals surface area contributed by atoms with Gasteiger partial charge in [0.1, 0.15) is 11.5 Å². The van der Waals surface area contributed by atoms with Gasteiger partial charge in [-0.2, -0.15) is 0 Å². The third kappa shape index (κ3) is 2.89. The van der Waals surface area contributed by atoms with Crippen LogP contribution in [0, 0.1) is 0 Å². The van der Waals surface area contributed by atoms with Crippen LogP contribution in [0.5, 0.6) is 11.5 Å². The van der Waals surface area contributed by atoms with Crippen molar-refractivity contribution in [2.75, 3.05) is 13.2 Å². The number of rotatable bonds is 3. The van der Waals surface area contributed by atoms with Crippen LogP contribution in [0.25, 0.3) is 0 Å². The number of hydrogen-bond acceptors (Lipinski definition) is 3. The van der Waals surface area contributed by atoms with Crippen LogP contribution in [-0.2, 0) is 9.47 Å². The molecule has 98 valence electrons. The fourth-order valence-electron chi connectivity index (χ4n) is 1.93. The molecule has 1 fully saturated rings. The maximum Gasteiger partial charge on any atom is 0.184 e. The van der Waals surface area contributed by atoms with Crippen LogP contribution in [0.2, 0.25) is 5.02 Å². The molecule has 1 saturated heterocycles. The molecule has 1 heterocycles. The zero-order valence-electron chi connectivity index (χ0n) is 10.2. The quantitative estimate of drug-likeness (QED) is 0.842. The molecule has 3 rings (SSSR count). The number of benzene rings is 2. The van der Waals surface area contributed by atoms with Crippen molar-refractivity contribution in [3.8, 4) is 11.5 Å². The van der Waals surface area contributed by atoms with E-state index >= 15 is 0 Å². The van der Waals surface area contributed by atoms with Crippen molar-refractivity contribution in [3.05, 3.63) is 59.1 Å². The first-order chi connectivity index (χ1) is 9.33. The van der Waals surface area contributed by atoms with E-state index in [1.54, 1.807) is 6.07 Å². The van der Waals surface area contributed by atoms with Crippen molar-refractivity contribution in [2.24, 2.45) is 0 Å². The molecule has 1 aliphatic heterocycles. The maximum atomic E-state index is 6.07. The maximum absolute atomic E-state index is 6.07. The summed E-state index contributed by atoms with van der Waals surface area (Å²) in [4.78, 5) is 0. The van der Waals surface area contributed by atoms with Crippen molar-refractivity contribution in [3.63, 3.8) is 0 Å². The fraction of sp³-hybridized carbons (Fsp3) is 0.200. The smallest absolute Gasteiger partial charge is 0.184 e. The van der Waals surface area contributed by atoms with Gasteiger partial charge in [0.15, 0.2) is 6.29 Å². The Morgan fingerprint density at radius 3 is 2.58 bits per heavy atom. The lowest BCUT2D eigenvalue weighted by Crippen LogP contribution is -1.98. The Bertz CT molecular complexity index is 565. The molecular formula is C15H13ClO3. The molecule has 2 aromatic rings. The normalized spacial score (nSPS) is 15.6. The average molecular weight is 277 g/mol. The predicted molar refractivity (Wildman–Crippen MR) is 72.6 cm³/mol. The minimum absolute atomic E-state index is 0.296. The van der Waals surface area contributed by atoms with Crippen LogP contribution >= 0.6 is 11.6 Å². The highest BCUT2D eigenvalue weighted by molar-refractivity contribution is 6.32. The van der Waals surface area contributed by atoms with Gasteiger partial charge in [-0.05, 0) is 24.3 Å². The van der Waals surface area contributed by atoms with Crippen molar-refractivity contribution in [1.29, 1.82) is 0 Å². The van der Waals surface area contributed by atoms with Gasteiger partial charge in [0.2, 0.25) is 0 Å². The van der Waals surface area contributed by atoms with Gasteiger partial charge in [-0.15, -0.1) is 0 Å². The second-order valence-corrected chi connectivity index (χ2v) is 4.59. The SMILES string of the molecule is Clc1ccccc1Oc1cccc(C2OCCO2)c1. The summed E-state index contributed by atoms with van der Waals surface area (Å²) >= 11 is 6.07. The monoisotopic (exact) mass is 276 g/mol. The summed E-state index contributed by atoms with van der Waals surface area (Å²) in [5, 5.41) is 0.585. The van der Waals surface area contributed by atoms with E-state index in [-0.39, 0.29) is 6.29 Å². The first-order valence-electron chi connectivity index (χ1n) is 6.08. The first kappa shape index (κ1) is 12.5. The van der Waals surface area contributed by atoms with Gasteiger partial charge >= 0.3 is 0 Å². The molecule has 4 heteroatoms. The van der Waals surface area contributed by atoms with Gasteiger partial charge in [-0.25, -0.2) is 0 Å². The number of ether oxygens (including phenoxy) is 3. The third-order valence-corrected chi connectivity index (χ3v) is 3.13. The highest BCUT2D eigenvalue weighted by Gasteiger charge is 2.18. The minimum atomic E-state index is -0.296. The summed E-state index contributed by atoms with van der Waals surface area (Å²) in [5.74, 6) is 1.35. The molecule has 3 nitrogen and oxygen atoms in total. The van der Waals surface area contributed by atoms with E-state index < -0.39 is 0 Å². The molecule has 0 N–H and O–H groups in total. The molecule has 0 radical (unpaired) electrons. The van der Waals surface area contributed by atoms with Crippen LogP contribution in [0.1, 0.15) is 11.9 Å². The standard InChI is InChI=1S/C15H13ClO3/c16-13-6-1-2-7-14(13)19-12-5-3-4-11(10-12)15-17-8-9-18-15/h1-7,10,15H,8-9H2. The van der Waals surface area contributed by atoms with Gasteiger partial charge in [-0.1, -0.05) is 35.9 Å². The zero-order valence-corrected chi connectivity index (χ0v) is 11.0. The molecule has 0 aromatic heterocycles. The summed E-state index contributed by atoms with van der Waals surface area (Å²) < 4.78 is 16.7. The Morgan fingerprint density at radius 2 is 1.79 bits per heavy atom. The summed E-state index contributed by atoms with van der Waals surface area (Å²) in [5.41, 5.74) is 0.946. The second kappa shape index (κ2) is 5.61. The zero-order chi connectivity index (χ0) is 13.1. The molecule has 1 aliphatic rings. The molecule has 0 spiro atoms. The Morgan fingerprint density at radius 1 is 1.00 bits per heavy atom. The summed E-state index contributed by atoms with van der Waals surface area (Å²) in [6, 6.07) is 15.0. The van der Waals surface area contributed by atoms with Crippen LogP contribution in [-0.4, -0.2) is 13.2 Å². The lowest BCUT2D eigenvalue weighted by molar-refractivity contribution is -0.0442. The van der Waals surface area contributed by atoms with Gasteiger partial charge in [0.25, 0.3) is 0 Å². The summed E-state index contributed by atoms with van der Waals surface area (Å²) in [6.45, 7) is 1.25. The summed E-state index contributed by atoms with van der Waals surface area (Å²) in [6.07, 6.45) is -0.296. The Labute approximate surface area is 116 Å². The van der Waals surface area contributed by atoms with Crippen molar-refractivity contribution in [1.82, 2.24) is 0 Å². The fourth-order valence-corrected chi connectivity index (χ4v) is 2.10. The van der Waals surface area contributed by atoms with Crippen molar-refractivity contribution in [2.45, 2.75) is 6.29 Å². The van der Waals surface area contributed by atoms with E-state index in [1.807, 2.05) is 42.5 Å². The first-order valence-corrected chi connectivity index (χ1v) is 6.46. The van der Waals surface area contributed by atoms with E-state index in [2.05, 4.69) is 0 Å². The van der Waals surface area contributed by atoms with E-state index in [9.17, 15) is 0 Å². The predicted octanol–water partition coefficient (Wildman–Crippen LogP) is 4.18. The molecule has 2 aromatic carbocycles. The average Bonchev–Trinajstić information content (AvgIpc) is 2.96. The highest BCUT2D eigenvalue weighted by Crippen LogP contribution is 2.31. The summed E-state index contributed by atoms with van der Waals surface area (Å²) in [7, 11) is 0. The van der Waals surface area contributed by atoms with E-state index in [1.165, 1.54) is 0 Å². The van der Waals surface area contributed by atoms with Gasteiger partial charge in [0, 0.05) is 5.56 Å². The second-order valence-electron chi connectivity index (χ2n) is 4.18. The molecule has 0 amide bonds. The number of halogens is 1. The Balaban J connectivity index is 1.81. The van der Waals surface area contributed by atoms with Crippen LogP contribution in [0.15, 0.2) is 48.5 Å². The van der Waals surface area contributed by atoms with Gasteiger partial charge < -0.3 is 14.2 Å². The molecule has 0 aliphatic carbocycles. The van der Waals surface area contributed by atoms with E-state index in [4.69, 9.17) is 25.8 Å². The van der Waals surface area contributed by atoms with Crippen LogP contribution < -0.4 is 4.74 Å². The highest BCUT2D eigenvalue weighted by atomic mass is 35.5. The topological polar surface area (TPSA) is 27.7 Å². The van der Waals surface area contributed by atoms with Crippen LogP contribution in [0.3, 0.4) is 0 Å².